The number of quaternary nitrogens is 2. The molecule has 0 radical (unpaired) electrons. The van der Waals surface area contributed by atoms with Gasteiger partial charge in [-0.05, 0) is 31.2 Å². The van der Waals surface area contributed by atoms with Crippen LogP contribution in [0, 0.1) is 0 Å². The first-order valence-corrected chi connectivity index (χ1v) is 9.22. The van der Waals surface area contributed by atoms with Gasteiger partial charge in [-0.1, -0.05) is 23.7 Å². The number of carbonyl (C=O) groups excluding carboxylic acids is 1. The number of nitrogens with one attached hydrogen (secondary N) is 1. The molecule has 0 bridgehead atoms. The number of furan rings is 1. The summed E-state index contributed by atoms with van der Waals surface area (Å²) >= 11 is 5.93. The molecule has 134 valence electrons. The summed E-state index contributed by atoms with van der Waals surface area (Å²) in [6.45, 7) is 7.13. The molecule has 5 nitrogen and oxygen atoms in total. The van der Waals surface area contributed by atoms with Gasteiger partial charge >= 0.3 is 0 Å². The van der Waals surface area contributed by atoms with E-state index in [2.05, 4.69) is 19.1 Å². The van der Waals surface area contributed by atoms with Crippen molar-refractivity contribution in [2.75, 3.05) is 32.7 Å². The highest BCUT2D eigenvalue weighted by atomic mass is 35.5. The number of carbonyl (C=O) groups is 1. The minimum atomic E-state index is 0.163. The van der Waals surface area contributed by atoms with Gasteiger partial charge in [0.25, 0.3) is 5.91 Å². The van der Waals surface area contributed by atoms with Crippen LogP contribution < -0.4 is 10.2 Å². The fraction of sp³-hybridized carbons (Fsp3) is 0.421. The highest BCUT2D eigenvalue weighted by molar-refractivity contribution is 6.30. The number of rotatable bonds is 6. The second-order valence-corrected chi connectivity index (χ2v) is 7.11. The van der Waals surface area contributed by atoms with Gasteiger partial charge in [0.05, 0.1) is 32.4 Å². The molecular formula is C19H26ClN3O2+2. The van der Waals surface area contributed by atoms with Crippen LogP contribution in [-0.4, -0.2) is 43.5 Å². The maximum Gasteiger partial charge on any atom is 0.278 e. The van der Waals surface area contributed by atoms with E-state index in [9.17, 15) is 4.79 Å². The lowest BCUT2D eigenvalue weighted by Gasteiger charge is -2.32. The maximum absolute atomic E-state index is 12.4. The Morgan fingerprint density at radius 1 is 1.28 bits per heavy atom. The average molecular weight is 364 g/mol. The van der Waals surface area contributed by atoms with E-state index in [4.69, 9.17) is 16.0 Å². The fourth-order valence-corrected chi connectivity index (χ4v) is 3.34. The lowest BCUT2D eigenvalue weighted by molar-refractivity contribution is -0.917. The number of halogens is 1. The Bertz CT molecular complexity index is 664. The van der Waals surface area contributed by atoms with Gasteiger partial charge < -0.3 is 19.5 Å². The predicted molar refractivity (Wildman–Crippen MR) is 96.3 cm³/mol. The molecular weight excluding hydrogens is 338 g/mol. The number of nitrogens with two attached hydrogens (primary N) is 1. The molecule has 0 unspecified atom stereocenters. The minimum Gasteiger partial charge on any atom is -0.463 e. The third-order valence-electron chi connectivity index (χ3n) is 4.83. The topological polar surface area (TPSA) is 54.5 Å². The van der Waals surface area contributed by atoms with E-state index in [-0.39, 0.29) is 11.9 Å². The number of amides is 1. The lowest BCUT2D eigenvalue weighted by Crippen LogP contribution is -3.13. The standard InChI is InChI=1S/C19H24ClN3O2/c1-15(18-3-2-12-25-18)21-13-19(24)23-10-8-22(9-11-23)14-16-4-6-17(20)7-5-16/h2-7,12,15,21H,8-11,13-14H2,1H3/p+2/t15-/m1/s1. The summed E-state index contributed by atoms with van der Waals surface area (Å²) in [5.41, 5.74) is 1.29. The Balaban J connectivity index is 1.40. The molecule has 1 amide bonds. The molecule has 0 aliphatic carbocycles. The Kier molecular flexibility index (Phi) is 6.13. The first kappa shape index (κ1) is 18.0. The van der Waals surface area contributed by atoms with Crippen molar-refractivity contribution in [1.82, 2.24) is 4.90 Å². The van der Waals surface area contributed by atoms with E-state index in [1.54, 1.807) is 6.26 Å². The molecule has 0 saturated carbocycles. The summed E-state index contributed by atoms with van der Waals surface area (Å²) in [5, 5.41) is 2.81. The van der Waals surface area contributed by atoms with Crippen LogP contribution in [0.3, 0.4) is 0 Å². The zero-order chi connectivity index (χ0) is 17.6. The van der Waals surface area contributed by atoms with Crippen LogP contribution in [0.5, 0.6) is 0 Å². The van der Waals surface area contributed by atoms with Crippen LogP contribution in [0.4, 0.5) is 0 Å². The normalized spacial score (nSPS) is 16.8. The van der Waals surface area contributed by atoms with Gasteiger partial charge in [-0.2, -0.15) is 0 Å². The van der Waals surface area contributed by atoms with Gasteiger partial charge in [-0.3, -0.25) is 4.79 Å². The molecule has 1 saturated heterocycles. The molecule has 1 aliphatic heterocycles. The van der Waals surface area contributed by atoms with Gasteiger partial charge in [-0.15, -0.1) is 0 Å². The number of hydrogen-bond donors (Lipinski definition) is 2. The van der Waals surface area contributed by atoms with Crippen LogP contribution in [0.15, 0.2) is 47.1 Å². The van der Waals surface area contributed by atoms with E-state index in [0.717, 1.165) is 43.5 Å². The Labute approximate surface area is 153 Å². The Morgan fingerprint density at radius 2 is 2.00 bits per heavy atom. The second kappa shape index (κ2) is 8.52. The molecule has 25 heavy (non-hydrogen) atoms. The predicted octanol–water partition coefficient (Wildman–Crippen LogP) is 0.485. The van der Waals surface area contributed by atoms with Crippen LogP contribution >= 0.6 is 11.6 Å². The fourth-order valence-electron chi connectivity index (χ4n) is 3.21. The summed E-state index contributed by atoms with van der Waals surface area (Å²) < 4.78 is 5.38. The average Bonchev–Trinajstić information content (AvgIpc) is 3.17. The van der Waals surface area contributed by atoms with Crippen molar-refractivity contribution in [2.45, 2.75) is 19.5 Å². The summed E-state index contributed by atoms with van der Waals surface area (Å²) in [5.74, 6) is 1.12. The van der Waals surface area contributed by atoms with Crippen molar-refractivity contribution in [3.63, 3.8) is 0 Å². The van der Waals surface area contributed by atoms with Crippen molar-refractivity contribution in [1.29, 1.82) is 0 Å². The van der Waals surface area contributed by atoms with Crippen LogP contribution in [0.2, 0.25) is 5.02 Å². The third kappa shape index (κ3) is 5.08. The van der Waals surface area contributed by atoms with Crippen molar-refractivity contribution >= 4 is 17.5 Å². The van der Waals surface area contributed by atoms with E-state index in [0.29, 0.717) is 6.54 Å². The van der Waals surface area contributed by atoms with Gasteiger partial charge in [0.1, 0.15) is 12.6 Å². The number of nitrogens with zero attached hydrogens (tertiary/aromatic N) is 1. The highest BCUT2D eigenvalue weighted by Crippen LogP contribution is 2.09. The molecule has 1 fully saturated rings. The number of hydrogen-bond acceptors (Lipinski definition) is 2. The van der Waals surface area contributed by atoms with Crippen molar-refractivity contribution in [3.8, 4) is 0 Å². The highest BCUT2D eigenvalue weighted by Gasteiger charge is 2.25. The van der Waals surface area contributed by atoms with Gasteiger partial charge in [0.15, 0.2) is 12.3 Å². The summed E-state index contributed by atoms with van der Waals surface area (Å²) in [6.07, 6.45) is 1.67. The molecule has 0 spiro atoms. The lowest BCUT2D eigenvalue weighted by atomic mass is 10.2. The summed E-state index contributed by atoms with van der Waals surface area (Å²) in [6, 6.07) is 12.0. The molecule has 1 aliphatic rings. The second-order valence-electron chi connectivity index (χ2n) is 6.68. The number of piperazine rings is 1. The molecule has 1 atom stereocenters. The third-order valence-corrected chi connectivity index (χ3v) is 5.08. The van der Waals surface area contributed by atoms with Crippen LogP contribution in [-0.2, 0) is 11.3 Å². The Hall–Kier alpha value is -1.82. The molecule has 2 heterocycles. The first-order valence-electron chi connectivity index (χ1n) is 8.84. The minimum absolute atomic E-state index is 0.163. The molecule has 1 aromatic heterocycles. The smallest absolute Gasteiger partial charge is 0.278 e. The number of benzene rings is 1. The monoisotopic (exact) mass is 363 g/mol. The van der Waals surface area contributed by atoms with E-state index >= 15 is 0 Å². The van der Waals surface area contributed by atoms with Crippen LogP contribution in [0.1, 0.15) is 24.3 Å². The SMILES string of the molecule is C[C@@H]([NH2+]CC(=O)N1CC[NH+](Cc2ccc(Cl)cc2)CC1)c1ccco1. The zero-order valence-electron chi connectivity index (χ0n) is 14.6. The van der Waals surface area contributed by atoms with E-state index in [1.165, 1.54) is 10.5 Å². The van der Waals surface area contributed by atoms with E-state index < -0.39 is 0 Å². The largest absolute Gasteiger partial charge is 0.463 e. The Morgan fingerprint density at radius 3 is 2.64 bits per heavy atom. The molecule has 6 heteroatoms. The first-order chi connectivity index (χ1) is 12.1. The van der Waals surface area contributed by atoms with Crippen molar-refractivity contribution in [3.05, 3.63) is 59.0 Å². The molecule has 3 N–H and O–H groups in total. The van der Waals surface area contributed by atoms with Crippen LogP contribution in [0.25, 0.3) is 0 Å². The van der Waals surface area contributed by atoms with Gasteiger partial charge in [0.2, 0.25) is 0 Å². The maximum atomic E-state index is 12.4. The molecule has 3 rings (SSSR count). The molecule has 1 aromatic carbocycles. The van der Waals surface area contributed by atoms with Gasteiger partial charge in [-0.25, -0.2) is 0 Å². The van der Waals surface area contributed by atoms with E-state index in [1.807, 2.05) is 34.5 Å². The van der Waals surface area contributed by atoms with Crippen molar-refractivity contribution in [2.24, 2.45) is 0 Å². The van der Waals surface area contributed by atoms with Crippen molar-refractivity contribution < 1.29 is 19.4 Å². The quantitative estimate of drug-likeness (QED) is 0.784. The van der Waals surface area contributed by atoms with Gasteiger partial charge in [0, 0.05) is 10.6 Å². The summed E-state index contributed by atoms with van der Waals surface area (Å²) in [4.78, 5) is 15.9. The molecule has 2 aromatic rings. The zero-order valence-corrected chi connectivity index (χ0v) is 15.3. The summed E-state index contributed by atoms with van der Waals surface area (Å²) in [7, 11) is 0.